The van der Waals surface area contributed by atoms with Gasteiger partial charge in [0.1, 0.15) is 11.0 Å². The lowest BCUT2D eigenvalue weighted by molar-refractivity contribution is 0.0936. The third-order valence-electron chi connectivity index (χ3n) is 4.02. The van der Waals surface area contributed by atoms with Crippen LogP contribution in [-0.2, 0) is 0 Å². The van der Waals surface area contributed by atoms with Crippen molar-refractivity contribution in [1.82, 2.24) is 10.3 Å². The van der Waals surface area contributed by atoms with Gasteiger partial charge in [0, 0.05) is 12.1 Å². The predicted octanol–water partition coefficient (Wildman–Crippen LogP) is 2.58. The summed E-state index contributed by atoms with van der Waals surface area (Å²) in [6, 6.07) is 3.13. The molecule has 0 bridgehead atoms. The summed E-state index contributed by atoms with van der Waals surface area (Å²) in [5.41, 5.74) is 2.87. The minimum Gasteiger partial charge on any atom is -0.352 e. The van der Waals surface area contributed by atoms with E-state index < -0.39 is 0 Å². The van der Waals surface area contributed by atoms with E-state index in [1.807, 2.05) is 0 Å². The van der Waals surface area contributed by atoms with Crippen LogP contribution >= 0.6 is 11.6 Å². The van der Waals surface area contributed by atoms with Crippen molar-refractivity contribution in [2.75, 3.05) is 12.0 Å². The number of nitrogens with one attached hydrogen (secondary N) is 2. The van der Waals surface area contributed by atoms with Gasteiger partial charge in [-0.2, -0.15) is 0 Å². The summed E-state index contributed by atoms with van der Waals surface area (Å²) in [6.45, 7) is 2.97. The molecule has 1 aromatic heterocycles. The Bertz CT molecular complexity index is 480. The molecule has 1 aromatic rings. The maximum atomic E-state index is 12.1. The lowest BCUT2D eigenvalue weighted by Gasteiger charge is -2.28. The number of halogens is 1. The highest BCUT2D eigenvalue weighted by molar-refractivity contribution is 6.29. The Hall–Kier alpha value is -1.33. The molecule has 0 aromatic carbocycles. The van der Waals surface area contributed by atoms with Gasteiger partial charge in [0.2, 0.25) is 0 Å². The molecule has 1 saturated carbocycles. The topological polar surface area (TPSA) is 80.0 Å². The number of amides is 1. The van der Waals surface area contributed by atoms with E-state index >= 15 is 0 Å². The van der Waals surface area contributed by atoms with Crippen LogP contribution < -0.4 is 16.6 Å². The molecule has 1 aliphatic rings. The van der Waals surface area contributed by atoms with Crippen LogP contribution in [0.5, 0.6) is 0 Å². The van der Waals surface area contributed by atoms with Gasteiger partial charge in [-0.1, -0.05) is 37.8 Å². The van der Waals surface area contributed by atoms with Gasteiger partial charge in [-0.25, -0.2) is 10.8 Å². The number of aromatic nitrogens is 1. The Morgan fingerprint density at radius 1 is 1.45 bits per heavy atom. The quantitative estimate of drug-likeness (QED) is 0.453. The molecule has 1 fully saturated rings. The fourth-order valence-electron chi connectivity index (χ4n) is 2.72. The van der Waals surface area contributed by atoms with Crippen LogP contribution in [0.3, 0.4) is 0 Å². The number of pyridine rings is 1. The Kier molecular flexibility index (Phi) is 5.20. The second kappa shape index (κ2) is 6.90. The van der Waals surface area contributed by atoms with E-state index in [1.165, 1.54) is 25.7 Å². The number of carbonyl (C=O) groups excluding carboxylic acids is 1. The SMILES string of the molecule is CC1CCCCC1CNC(=O)c1cc(Cl)nc(NN)c1. The highest BCUT2D eigenvalue weighted by atomic mass is 35.5. The average molecular weight is 297 g/mol. The molecule has 5 nitrogen and oxygen atoms in total. The van der Waals surface area contributed by atoms with Crippen LogP contribution in [0.2, 0.25) is 5.15 Å². The molecule has 20 heavy (non-hydrogen) atoms. The zero-order valence-corrected chi connectivity index (χ0v) is 12.4. The first-order valence-electron chi connectivity index (χ1n) is 7.02. The summed E-state index contributed by atoms with van der Waals surface area (Å²) in [5.74, 6) is 6.78. The summed E-state index contributed by atoms with van der Waals surface area (Å²) >= 11 is 5.86. The highest BCUT2D eigenvalue weighted by Gasteiger charge is 2.22. The molecule has 0 radical (unpaired) electrons. The van der Waals surface area contributed by atoms with Crippen molar-refractivity contribution < 1.29 is 4.79 Å². The van der Waals surface area contributed by atoms with Crippen LogP contribution in [0, 0.1) is 11.8 Å². The standard InChI is InChI=1S/C14H21ClN4O/c1-9-4-2-3-5-10(9)8-17-14(20)11-6-12(15)18-13(7-11)19-16/h6-7,9-10H,2-5,8,16H2,1H3,(H,17,20)(H,18,19). The third kappa shape index (κ3) is 3.84. The molecular weight excluding hydrogens is 276 g/mol. The first-order chi connectivity index (χ1) is 9.60. The van der Waals surface area contributed by atoms with Crippen molar-refractivity contribution in [3.05, 3.63) is 22.8 Å². The van der Waals surface area contributed by atoms with Crippen LogP contribution in [0.4, 0.5) is 5.82 Å². The van der Waals surface area contributed by atoms with E-state index in [-0.39, 0.29) is 11.1 Å². The van der Waals surface area contributed by atoms with Gasteiger partial charge in [-0.3, -0.25) is 4.79 Å². The lowest BCUT2D eigenvalue weighted by Crippen LogP contribution is -2.33. The van der Waals surface area contributed by atoms with Crippen molar-refractivity contribution in [1.29, 1.82) is 0 Å². The van der Waals surface area contributed by atoms with E-state index in [0.29, 0.717) is 29.8 Å². The number of nitrogen functional groups attached to an aromatic ring is 1. The van der Waals surface area contributed by atoms with Gasteiger partial charge in [0.05, 0.1) is 0 Å². The Morgan fingerprint density at radius 3 is 2.90 bits per heavy atom. The first kappa shape index (κ1) is 15.1. The molecule has 2 rings (SSSR count). The molecule has 2 atom stereocenters. The summed E-state index contributed by atoms with van der Waals surface area (Å²) in [5, 5.41) is 3.23. The molecule has 1 amide bonds. The zero-order chi connectivity index (χ0) is 14.5. The largest absolute Gasteiger partial charge is 0.352 e. The summed E-state index contributed by atoms with van der Waals surface area (Å²) in [7, 11) is 0. The monoisotopic (exact) mass is 296 g/mol. The van der Waals surface area contributed by atoms with Gasteiger partial charge in [-0.15, -0.1) is 0 Å². The molecule has 0 spiro atoms. The number of hydrogen-bond acceptors (Lipinski definition) is 4. The summed E-state index contributed by atoms with van der Waals surface area (Å²) in [6.07, 6.45) is 5.00. The van der Waals surface area contributed by atoms with Crippen LogP contribution in [0.1, 0.15) is 43.0 Å². The Morgan fingerprint density at radius 2 is 2.20 bits per heavy atom. The van der Waals surface area contributed by atoms with E-state index in [2.05, 4.69) is 22.7 Å². The normalized spacial score (nSPS) is 22.4. The number of nitrogens with two attached hydrogens (primary N) is 1. The van der Waals surface area contributed by atoms with E-state index in [9.17, 15) is 4.79 Å². The highest BCUT2D eigenvalue weighted by Crippen LogP contribution is 2.28. The van der Waals surface area contributed by atoms with Gasteiger partial charge in [0.15, 0.2) is 0 Å². The van der Waals surface area contributed by atoms with Crippen molar-refractivity contribution in [3.8, 4) is 0 Å². The van der Waals surface area contributed by atoms with Gasteiger partial charge < -0.3 is 10.7 Å². The molecule has 1 heterocycles. The van der Waals surface area contributed by atoms with E-state index in [1.54, 1.807) is 12.1 Å². The molecule has 4 N–H and O–H groups in total. The number of nitrogens with zero attached hydrogens (tertiary/aromatic N) is 1. The summed E-state index contributed by atoms with van der Waals surface area (Å²) < 4.78 is 0. The molecule has 0 saturated heterocycles. The van der Waals surface area contributed by atoms with Crippen LogP contribution in [-0.4, -0.2) is 17.4 Å². The van der Waals surface area contributed by atoms with Crippen molar-refractivity contribution in [3.63, 3.8) is 0 Å². The minimum atomic E-state index is -0.136. The van der Waals surface area contributed by atoms with Crippen molar-refractivity contribution in [2.45, 2.75) is 32.6 Å². The minimum absolute atomic E-state index is 0.136. The third-order valence-corrected chi connectivity index (χ3v) is 4.21. The fourth-order valence-corrected chi connectivity index (χ4v) is 2.93. The number of carbonyl (C=O) groups is 1. The molecule has 2 unspecified atom stereocenters. The van der Waals surface area contributed by atoms with Crippen molar-refractivity contribution in [2.24, 2.45) is 17.7 Å². The Labute approximate surface area is 124 Å². The number of anilines is 1. The fraction of sp³-hybridized carbons (Fsp3) is 0.571. The summed E-state index contributed by atoms with van der Waals surface area (Å²) in [4.78, 5) is 16.1. The molecule has 1 aliphatic carbocycles. The van der Waals surface area contributed by atoms with E-state index in [4.69, 9.17) is 17.4 Å². The van der Waals surface area contributed by atoms with Crippen molar-refractivity contribution >= 4 is 23.3 Å². The second-order valence-electron chi connectivity index (χ2n) is 5.44. The molecular formula is C14H21ClN4O. The average Bonchev–Trinajstić information content (AvgIpc) is 2.45. The molecule has 110 valence electrons. The first-order valence-corrected chi connectivity index (χ1v) is 7.40. The number of hydrogen-bond donors (Lipinski definition) is 3. The van der Waals surface area contributed by atoms with Gasteiger partial charge in [-0.05, 0) is 30.4 Å². The molecule has 6 heteroatoms. The number of hydrazine groups is 1. The second-order valence-corrected chi connectivity index (χ2v) is 5.83. The number of rotatable bonds is 4. The van der Waals surface area contributed by atoms with Crippen LogP contribution in [0.15, 0.2) is 12.1 Å². The maximum absolute atomic E-state index is 12.1. The van der Waals surface area contributed by atoms with Gasteiger partial charge in [0.25, 0.3) is 5.91 Å². The van der Waals surface area contributed by atoms with Gasteiger partial charge >= 0.3 is 0 Å². The predicted molar refractivity (Wildman–Crippen MR) is 80.5 cm³/mol. The maximum Gasteiger partial charge on any atom is 0.251 e. The zero-order valence-electron chi connectivity index (χ0n) is 11.7. The Balaban J connectivity index is 1.96. The lowest BCUT2D eigenvalue weighted by atomic mass is 9.80. The van der Waals surface area contributed by atoms with E-state index in [0.717, 1.165) is 0 Å². The molecule has 0 aliphatic heterocycles. The van der Waals surface area contributed by atoms with Crippen LogP contribution in [0.25, 0.3) is 0 Å². The smallest absolute Gasteiger partial charge is 0.251 e.